The van der Waals surface area contributed by atoms with Gasteiger partial charge in [-0.2, -0.15) is 0 Å². The zero-order chi connectivity index (χ0) is 9.42. The molecule has 1 aliphatic rings. The van der Waals surface area contributed by atoms with E-state index in [1.165, 1.54) is 0 Å². The summed E-state index contributed by atoms with van der Waals surface area (Å²) in [6, 6.07) is 3.75. The highest BCUT2D eigenvalue weighted by Gasteiger charge is 2.26. The minimum Gasteiger partial charge on any atom is -0.493 e. The highest BCUT2D eigenvalue weighted by Crippen LogP contribution is 2.40. The number of hydrogen-bond donors (Lipinski definition) is 1. The van der Waals surface area contributed by atoms with Gasteiger partial charge in [0.05, 0.1) is 20.3 Å². The van der Waals surface area contributed by atoms with Gasteiger partial charge in [0.25, 0.3) is 0 Å². The average molecular weight is 180 g/mol. The molecule has 1 aromatic rings. The first-order valence-electron chi connectivity index (χ1n) is 4.19. The molecule has 0 saturated heterocycles. The highest BCUT2D eigenvalue weighted by atomic mass is 16.5. The molecule has 0 fully saturated rings. The van der Waals surface area contributed by atoms with E-state index >= 15 is 0 Å². The number of benzene rings is 1. The average Bonchev–Trinajstić information content (AvgIpc) is 2.15. The summed E-state index contributed by atoms with van der Waals surface area (Å²) >= 11 is 0. The van der Waals surface area contributed by atoms with Crippen molar-refractivity contribution in [3.8, 4) is 11.5 Å². The van der Waals surface area contributed by atoms with E-state index < -0.39 is 0 Å². The van der Waals surface area contributed by atoms with Crippen molar-refractivity contribution in [3.05, 3.63) is 23.3 Å². The molecular formula is C10H12O3. The molecule has 0 saturated carbocycles. The largest absolute Gasteiger partial charge is 0.493 e. The van der Waals surface area contributed by atoms with Crippen LogP contribution in [-0.2, 0) is 6.42 Å². The van der Waals surface area contributed by atoms with Crippen molar-refractivity contribution >= 4 is 0 Å². The quantitative estimate of drug-likeness (QED) is 0.745. The number of ether oxygens (including phenoxy) is 2. The number of rotatable bonds is 2. The summed E-state index contributed by atoms with van der Waals surface area (Å²) in [5, 5.41) is 9.39. The molecule has 1 atom stereocenters. The van der Waals surface area contributed by atoms with E-state index in [1.54, 1.807) is 14.2 Å². The molecule has 0 radical (unpaired) electrons. The van der Waals surface area contributed by atoms with E-state index in [0.717, 1.165) is 23.3 Å². The lowest BCUT2D eigenvalue weighted by molar-refractivity contribution is 0.152. The SMILES string of the molecule is COc1cc2c(cc1OC)C(O)C2. The molecule has 0 aromatic heterocycles. The second kappa shape index (κ2) is 2.92. The molecule has 0 bridgehead atoms. The lowest BCUT2D eigenvalue weighted by atomic mass is 9.85. The summed E-state index contributed by atoms with van der Waals surface area (Å²) in [6.07, 6.45) is 0.394. The lowest BCUT2D eigenvalue weighted by Crippen LogP contribution is -2.16. The second-order valence-corrected chi connectivity index (χ2v) is 3.13. The van der Waals surface area contributed by atoms with E-state index in [0.29, 0.717) is 5.75 Å². The number of aliphatic hydroxyl groups is 1. The van der Waals surface area contributed by atoms with Crippen molar-refractivity contribution in [2.24, 2.45) is 0 Å². The predicted molar refractivity (Wildman–Crippen MR) is 48.2 cm³/mol. The van der Waals surface area contributed by atoms with E-state index in [1.807, 2.05) is 12.1 Å². The van der Waals surface area contributed by atoms with Gasteiger partial charge in [0.1, 0.15) is 0 Å². The van der Waals surface area contributed by atoms with Crippen LogP contribution in [0.15, 0.2) is 12.1 Å². The molecule has 1 unspecified atom stereocenters. The minimum absolute atomic E-state index is 0.324. The van der Waals surface area contributed by atoms with Crippen LogP contribution in [0.1, 0.15) is 17.2 Å². The Balaban J connectivity index is 2.45. The molecule has 13 heavy (non-hydrogen) atoms. The van der Waals surface area contributed by atoms with Crippen LogP contribution in [0.4, 0.5) is 0 Å². The molecule has 1 N–H and O–H groups in total. The Morgan fingerprint density at radius 3 is 2.38 bits per heavy atom. The maximum Gasteiger partial charge on any atom is 0.161 e. The van der Waals surface area contributed by atoms with Gasteiger partial charge in [0.15, 0.2) is 11.5 Å². The number of aliphatic hydroxyl groups excluding tert-OH is 1. The van der Waals surface area contributed by atoms with Gasteiger partial charge in [-0.25, -0.2) is 0 Å². The van der Waals surface area contributed by atoms with Crippen LogP contribution in [0, 0.1) is 0 Å². The summed E-state index contributed by atoms with van der Waals surface area (Å²) in [5.41, 5.74) is 2.10. The monoisotopic (exact) mass is 180 g/mol. The molecule has 1 aromatic carbocycles. The number of methoxy groups -OCH3 is 2. The van der Waals surface area contributed by atoms with Crippen molar-refractivity contribution < 1.29 is 14.6 Å². The fraction of sp³-hybridized carbons (Fsp3) is 0.400. The molecule has 70 valence electrons. The Bertz CT molecular complexity index is 333. The van der Waals surface area contributed by atoms with E-state index in [2.05, 4.69) is 0 Å². The highest BCUT2D eigenvalue weighted by molar-refractivity contribution is 5.52. The standard InChI is InChI=1S/C10H12O3/c1-12-9-4-6-3-8(11)7(6)5-10(9)13-2/h4-5,8,11H,3H2,1-2H3. The Kier molecular flexibility index (Phi) is 1.88. The Labute approximate surface area is 76.9 Å². The third-order valence-corrected chi connectivity index (χ3v) is 2.42. The maximum atomic E-state index is 9.39. The molecular weight excluding hydrogens is 168 g/mol. The first-order valence-corrected chi connectivity index (χ1v) is 4.19. The smallest absolute Gasteiger partial charge is 0.161 e. The van der Waals surface area contributed by atoms with Gasteiger partial charge in [-0.1, -0.05) is 0 Å². The molecule has 3 heteroatoms. The van der Waals surface area contributed by atoms with E-state index in [9.17, 15) is 5.11 Å². The van der Waals surface area contributed by atoms with Crippen molar-refractivity contribution in [1.29, 1.82) is 0 Å². The summed E-state index contributed by atoms with van der Waals surface area (Å²) in [7, 11) is 3.20. The third kappa shape index (κ3) is 1.16. The number of fused-ring (bicyclic) bond motifs is 1. The molecule has 1 aliphatic carbocycles. The predicted octanol–water partition coefficient (Wildman–Crippen LogP) is 1.29. The first-order chi connectivity index (χ1) is 6.26. The van der Waals surface area contributed by atoms with Crippen LogP contribution in [0.25, 0.3) is 0 Å². The Morgan fingerprint density at radius 2 is 1.85 bits per heavy atom. The molecule has 2 rings (SSSR count). The van der Waals surface area contributed by atoms with Crippen molar-refractivity contribution in [1.82, 2.24) is 0 Å². The minimum atomic E-state index is -0.324. The van der Waals surface area contributed by atoms with E-state index in [4.69, 9.17) is 9.47 Å². The van der Waals surface area contributed by atoms with Gasteiger partial charge in [-0.15, -0.1) is 0 Å². The Hall–Kier alpha value is -1.22. The topological polar surface area (TPSA) is 38.7 Å². The summed E-state index contributed by atoms with van der Waals surface area (Å²) in [5.74, 6) is 1.41. The summed E-state index contributed by atoms with van der Waals surface area (Å²) in [4.78, 5) is 0. The van der Waals surface area contributed by atoms with Crippen LogP contribution in [0.3, 0.4) is 0 Å². The third-order valence-electron chi connectivity index (χ3n) is 2.42. The second-order valence-electron chi connectivity index (χ2n) is 3.13. The van der Waals surface area contributed by atoms with Gasteiger partial charge in [0, 0.05) is 6.42 Å². The van der Waals surface area contributed by atoms with Crippen molar-refractivity contribution in [2.75, 3.05) is 14.2 Å². The molecule has 0 amide bonds. The van der Waals surface area contributed by atoms with Gasteiger partial charge < -0.3 is 14.6 Å². The molecule has 0 aliphatic heterocycles. The normalized spacial score (nSPS) is 18.8. The summed E-state index contributed by atoms with van der Waals surface area (Å²) < 4.78 is 10.3. The van der Waals surface area contributed by atoms with Gasteiger partial charge in [0.2, 0.25) is 0 Å². The van der Waals surface area contributed by atoms with E-state index in [-0.39, 0.29) is 6.10 Å². The number of hydrogen-bond acceptors (Lipinski definition) is 3. The van der Waals surface area contributed by atoms with Crippen molar-refractivity contribution in [2.45, 2.75) is 12.5 Å². The fourth-order valence-corrected chi connectivity index (χ4v) is 1.61. The van der Waals surface area contributed by atoms with Crippen LogP contribution in [0.2, 0.25) is 0 Å². The zero-order valence-corrected chi connectivity index (χ0v) is 7.70. The van der Waals surface area contributed by atoms with Gasteiger partial charge >= 0.3 is 0 Å². The maximum absolute atomic E-state index is 9.39. The summed E-state index contributed by atoms with van der Waals surface area (Å²) in [6.45, 7) is 0. The van der Waals surface area contributed by atoms with Gasteiger partial charge in [-0.05, 0) is 23.3 Å². The van der Waals surface area contributed by atoms with Crippen LogP contribution >= 0.6 is 0 Å². The van der Waals surface area contributed by atoms with Crippen LogP contribution in [0.5, 0.6) is 11.5 Å². The van der Waals surface area contributed by atoms with Crippen LogP contribution < -0.4 is 9.47 Å². The van der Waals surface area contributed by atoms with Crippen LogP contribution in [-0.4, -0.2) is 19.3 Å². The lowest BCUT2D eigenvalue weighted by Gasteiger charge is -2.26. The first kappa shape index (κ1) is 8.38. The molecule has 0 spiro atoms. The fourth-order valence-electron chi connectivity index (χ4n) is 1.61. The zero-order valence-electron chi connectivity index (χ0n) is 7.70. The Morgan fingerprint density at radius 1 is 1.23 bits per heavy atom. The molecule has 0 heterocycles. The van der Waals surface area contributed by atoms with Crippen molar-refractivity contribution in [3.63, 3.8) is 0 Å². The van der Waals surface area contributed by atoms with Gasteiger partial charge in [-0.3, -0.25) is 0 Å². The molecule has 3 nitrogen and oxygen atoms in total.